The third-order valence-corrected chi connectivity index (χ3v) is 4.65. The number of ether oxygens (including phenoxy) is 1. The molecule has 0 aliphatic carbocycles. The minimum atomic E-state index is 0.0689. The average Bonchev–Trinajstić information content (AvgIpc) is 2.80. The maximum absolute atomic E-state index is 12.6. The Balaban J connectivity index is 1.92. The van der Waals surface area contributed by atoms with Gasteiger partial charge in [-0.3, -0.25) is 9.59 Å². The Morgan fingerprint density at radius 1 is 1.12 bits per heavy atom. The van der Waals surface area contributed by atoms with E-state index >= 15 is 0 Å². The van der Waals surface area contributed by atoms with Crippen LogP contribution in [0.2, 0.25) is 5.02 Å². The number of amides is 2. The Morgan fingerprint density at radius 2 is 1.76 bits per heavy atom. The molecule has 1 saturated heterocycles. The molecule has 1 fully saturated rings. The molecule has 0 aromatic heterocycles. The van der Waals surface area contributed by atoms with Gasteiger partial charge in [-0.15, -0.1) is 0 Å². The summed E-state index contributed by atoms with van der Waals surface area (Å²) in [4.78, 5) is 28.5. The molecular weight excluding hydrogens is 340 g/mol. The van der Waals surface area contributed by atoms with Gasteiger partial charge in [-0.1, -0.05) is 31.5 Å². The third kappa shape index (κ3) is 5.63. The summed E-state index contributed by atoms with van der Waals surface area (Å²) in [7, 11) is 1.57. The highest BCUT2D eigenvalue weighted by Crippen LogP contribution is 2.25. The number of rotatable bonds is 5. The molecule has 1 aromatic rings. The molecule has 0 spiro atoms. The lowest BCUT2D eigenvalue weighted by Crippen LogP contribution is -2.38. The van der Waals surface area contributed by atoms with E-state index in [1.807, 2.05) is 29.7 Å². The maximum atomic E-state index is 12.6. The van der Waals surface area contributed by atoms with E-state index < -0.39 is 0 Å². The second kappa shape index (κ2) is 9.09. The predicted molar refractivity (Wildman–Crippen MR) is 98.9 cm³/mol. The van der Waals surface area contributed by atoms with Crippen molar-refractivity contribution >= 4 is 23.4 Å². The van der Waals surface area contributed by atoms with E-state index in [1.165, 1.54) is 0 Å². The SMILES string of the molecule is COc1ccc(CC(=O)N2CCCN(C(=O)CC(C)C)CC2)cc1Cl. The molecule has 0 unspecified atom stereocenters. The average molecular weight is 367 g/mol. The summed E-state index contributed by atoms with van der Waals surface area (Å²) < 4.78 is 5.13. The molecule has 1 aromatic carbocycles. The van der Waals surface area contributed by atoms with Gasteiger partial charge >= 0.3 is 0 Å². The molecule has 0 bridgehead atoms. The number of hydrogen-bond acceptors (Lipinski definition) is 3. The monoisotopic (exact) mass is 366 g/mol. The van der Waals surface area contributed by atoms with Crippen LogP contribution in [0.15, 0.2) is 18.2 Å². The summed E-state index contributed by atoms with van der Waals surface area (Å²) in [5.41, 5.74) is 0.868. The molecule has 0 saturated carbocycles. The van der Waals surface area contributed by atoms with Crippen molar-refractivity contribution in [3.05, 3.63) is 28.8 Å². The van der Waals surface area contributed by atoms with Gasteiger partial charge in [0.05, 0.1) is 18.6 Å². The molecule has 25 heavy (non-hydrogen) atoms. The van der Waals surface area contributed by atoms with E-state index in [4.69, 9.17) is 16.3 Å². The van der Waals surface area contributed by atoms with Crippen LogP contribution in [-0.2, 0) is 16.0 Å². The normalized spacial score (nSPS) is 15.2. The van der Waals surface area contributed by atoms with Crippen molar-refractivity contribution in [1.82, 2.24) is 9.80 Å². The summed E-state index contributed by atoms with van der Waals surface area (Å²) in [6, 6.07) is 5.41. The van der Waals surface area contributed by atoms with Crippen molar-refractivity contribution in [2.45, 2.75) is 33.1 Å². The van der Waals surface area contributed by atoms with Crippen LogP contribution in [0.5, 0.6) is 5.75 Å². The summed E-state index contributed by atoms with van der Waals surface area (Å²) >= 11 is 6.13. The van der Waals surface area contributed by atoms with Crippen LogP contribution in [0.3, 0.4) is 0 Å². The van der Waals surface area contributed by atoms with Crippen LogP contribution in [0.4, 0.5) is 0 Å². The van der Waals surface area contributed by atoms with Crippen LogP contribution in [0, 0.1) is 5.92 Å². The van der Waals surface area contributed by atoms with E-state index in [0.29, 0.717) is 49.2 Å². The number of carbonyl (C=O) groups excluding carboxylic acids is 2. The lowest BCUT2D eigenvalue weighted by Gasteiger charge is -2.23. The highest BCUT2D eigenvalue weighted by Gasteiger charge is 2.22. The molecular formula is C19H27ClN2O3. The molecule has 0 atom stereocenters. The Labute approximate surface area is 154 Å². The number of nitrogens with zero attached hydrogens (tertiary/aromatic N) is 2. The maximum Gasteiger partial charge on any atom is 0.227 e. The van der Waals surface area contributed by atoms with Crippen LogP contribution >= 0.6 is 11.6 Å². The van der Waals surface area contributed by atoms with E-state index in [9.17, 15) is 9.59 Å². The zero-order chi connectivity index (χ0) is 18.4. The van der Waals surface area contributed by atoms with Gasteiger partial charge < -0.3 is 14.5 Å². The standard InChI is InChI=1S/C19H27ClN2O3/c1-14(2)11-18(23)21-7-4-8-22(10-9-21)19(24)13-15-5-6-17(25-3)16(20)12-15/h5-6,12,14H,4,7-11,13H2,1-3H3. The minimum absolute atomic E-state index is 0.0689. The Hall–Kier alpha value is -1.75. The van der Waals surface area contributed by atoms with E-state index in [0.717, 1.165) is 18.5 Å². The molecule has 2 amide bonds. The Bertz CT molecular complexity index is 619. The minimum Gasteiger partial charge on any atom is -0.495 e. The first-order valence-corrected chi connectivity index (χ1v) is 9.16. The fraction of sp³-hybridized carbons (Fsp3) is 0.579. The topological polar surface area (TPSA) is 49.9 Å². The van der Waals surface area contributed by atoms with Crippen molar-refractivity contribution in [2.24, 2.45) is 5.92 Å². The second-order valence-corrected chi connectivity index (χ2v) is 7.27. The summed E-state index contributed by atoms with van der Waals surface area (Å²) in [6.07, 6.45) is 1.70. The van der Waals surface area contributed by atoms with Gasteiger partial charge in [0.2, 0.25) is 11.8 Å². The molecule has 138 valence electrons. The Morgan fingerprint density at radius 3 is 2.32 bits per heavy atom. The number of carbonyl (C=O) groups is 2. The van der Waals surface area contributed by atoms with Crippen LogP contribution in [-0.4, -0.2) is 54.9 Å². The molecule has 5 nitrogen and oxygen atoms in total. The largest absolute Gasteiger partial charge is 0.495 e. The van der Waals surface area contributed by atoms with Gasteiger partial charge in [-0.25, -0.2) is 0 Å². The summed E-state index contributed by atoms with van der Waals surface area (Å²) in [6.45, 7) is 6.71. The van der Waals surface area contributed by atoms with Gasteiger partial charge in [0.15, 0.2) is 0 Å². The summed E-state index contributed by atoms with van der Waals surface area (Å²) in [5.74, 6) is 1.21. The molecule has 6 heteroatoms. The van der Waals surface area contributed by atoms with Gasteiger partial charge in [0.1, 0.15) is 5.75 Å². The van der Waals surface area contributed by atoms with Crippen molar-refractivity contribution in [3.63, 3.8) is 0 Å². The fourth-order valence-corrected chi connectivity index (χ4v) is 3.28. The number of hydrogen-bond donors (Lipinski definition) is 0. The number of methoxy groups -OCH3 is 1. The molecule has 0 radical (unpaired) electrons. The highest BCUT2D eigenvalue weighted by atomic mass is 35.5. The lowest BCUT2D eigenvalue weighted by atomic mass is 10.1. The van der Waals surface area contributed by atoms with Crippen LogP contribution in [0.1, 0.15) is 32.3 Å². The van der Waals surface area contributed by atoms with Crippen LogP contribution in [0.25, 0.3) is 0 Å². The van der Waals surface area contributed by atoms with Gasteiger partial charge in [0.25, 0.3) is 0 Å². The highest BCUT2D eigenvalue weighted by molar-refractivity contribution is 6.32. The fourth-order valence-electron chi connectivity index (χ4n) is 3.00. The molecule has 1 aliphatic rings. The van der Waals surface area contributed by atoms with Gasteiger partial charge in [-0.05, 0) is 30.0 Å². The number of benzene rings is 1. The van der Waals surface area contributed by atoms with Gasteiger partial charge in [0, 0.05) is 32.6 Å². The first-order chi connectivity index (χ1) is 11.9. The quantitative estimate of drug-likeness (QED) is 0.804. The second-order valence-electron chi connectivity index (χ2n) is 6.86. The van der Waals surface area contributed by atoms with E-state index in [1.54, 1.807) is 19.2 Å². The predicted octanol–water partition coefficient (Wildman–Crippen LogP) is 3.00. The van der Waals surface area contributed by atoms with Gasteiger partial charge in [-0.2, -0.15) is 0 Å². The van der Waals surface area contributed by atoms with E-state index in [2.05, 4.69) is 0 Å². The summed E-state index contributed by atoms with van der Waals surface area (Å²) in [5, 5.41) is 0.508. The van der Waals surface area contributed by atoms with Crippen molar-refractivity contribution < 1.29 is 14.3 Å². The number of halogens is 1. The zero-order valence-electron chi connectivity index (χ0n) is 15.3. The van der Waals surface area contributed by atoms with Crippen molar-refractivity contribution in [3.8, 4) is 5.75 Å². The molecule has 2 rings (SSSR count). The molecule has 1 heterocycles. The lowest BCUT2D eigenvalue weighted by molar-refractivity contribution is -0.133. The Kier molecular flexibility index (Phi) is 7.12. The first kappa shape index (κ1) is 19.6. The van der Waals surface area contributed by atoms with Crippen molar-refractivity contribution in [1.29, 1.82) is 0 Å². The van der Waals surface area contributed by atoms with Crippen molar-refractivity contribution in [2.75, 3.05) is 33.3 Å². The zero-order valence-corrected chi connectivity index (χ0v) is 16.0. The smallest absolute Gasteiger partial charge is 0.227 e. The molecule has 0 N–H and O–H groups in total. The molecule has 1 aliphatic heterocycles. The van der Waals surface area contributed by atoms with E-state index in [-0.39, 0.29) is 11.8 Å². The first-order valence-electron chi connectivity index (χ1n) is 8.78. The van der Waals surface area contributed by atoms with Crippen LogP contribution < -0.4 is 4.74 Å². The third-order valence-electron chi connectivity index (χ3n) is 4.36.